The van der Waals surface area contributed by atoms with Gasteiger partial charge in [-0.25, -0.2) is 9.78 Å². The van der Waals surface area contributed by atoms with Gasteiger partial charge in [-0.15, -0.1) is 0 Å². The average molecular weight is 155 g/mol. The van der Waals surface area contributed by atoms with Crippen molar-refractivity contribution in [3.63, 3.8) is 0 Å². The molecule has 0 bridgehead atoms. The summed E-state index contributed by atoms with van der Waals surface area (Å²) in [7, 11) is 0. The van der Waals surface area contributed by atoms with Gasteiger partial charge in [0.2, 0.25) is 0 Å². The Kier molecular flexibility index (Phi) is 2.10. The molecule has 1 heterocycles. The maximum Gasteiger partial charge on any atom is 0.358 e. The van der Waals surface area contributed by atoms with Crippen molar-refractivity contribution in [1.29, 1.82) is 0 Å². The van der Waals surface area contributed by atoms with Crippen LogP contribution >= 0.6 is 0 Å². The second-order valence-corrected chi connectivity index (χ2v) is 1.93. The summed E-state index contributed by atoms with van der Waals surface area (Å²) in [6, 6.07) is 0. The topological polar surface area (TPSA) is 70.1 Å². The Bertz CT molecular complexity index is 256. The van der Waals surface area contributed by atoms with E-state index < -0.39 is 5.97 Å². The lowest BCUT2D eigenvalue weighted by atomic mass is 10.5. The summed E-state index contributed by atoms with van der Waals surface area (Å²) in [5, 5.41) is 0. The molecule has 0 aliphatic heterocycles. The second kappa shape index (κ2) is 3.05. The van der Waals surface area contributed by atoms with Crippen LogP contribution in [0.3, 0.4) is 0 Å². The molecule has 0 spiro atoms. The lowest BCUT2D eigenvalue weighted by Crippen LogP contribution is -2.06. The van der Waals surface area contributed by atoms with E-state index in [4.69, 9.17) is 5.84 Å². The van der Waals surface area contributed by atoms with Crippen molar-refractivity contribution in [2.45, 2.75) is 6.92 Å². The van der Waals surface area contributed by atoms with Crippen molar-refractivity contribution in [2.24, 2.45) is 0 Å². The number of nitrogen functional groups attached to an aromatic ring is 1. The molecule has 0 amide bonds. The SMILES string of the molecule is CCOC(=O)c1cn(N)cn1. The predicted molar refractivity (Wildman–Crippen MR) is 38.3 cm³/mol. The second-order valence-electron chi connectivity index (χ2n) is 1.93. The molecule has 0 saturated carbocycles. The van der Waals surface area contributed by atoms with Gasteiger partial charge in [-0.1, -0.05) is 0 Å². The molecule has 11 heavy (non-hydrogen) atoms. The van der Waals surface area contributed by atoms with Crippen molar-refractivity contribution in [1.82, 2.24) is 9.66 Å². The van der Waals surface area contributed by atoms with Crippen molar-refractivity contribution in [3.8, 4) is 0 Å². The number of ether oxygens (including phenoxy) is 1. The highest BCUT2D eigenvalue weighted by Gasteiger charge is 2.08. The molecule has 0 aliphatic rings. The Morgan fingerprint density at radius 1 is 1.91 bits per heavy atom. The third-order valence-electron chi connectivity index (χ3n) is 1.09. The van der Waals surface area contributed by atoms with Crippen LogP contribution in [0, 0.1) is 0 Å². The molecule has 0 saturated heterocycles. The quantitative estimate of drug-likeness (QED) is 0.473. The molecule has 0 atom stereocenters. The number of hydrogen-bond acceptors (Lipinski definition) is 4. The van der Waals surface area contributed by atoms with Gasteiger partial charge in [0, 0.05) is 0 Å². The van der Waals surface area contributed by atoms with E-state index in [-0.39, 0.29) is 5.69 Å². The summed E-state index contributed by atoms with van der Waals surface area (Å²) in [5.74, 6) is 4.81. The molecule has 60 valence electrons. The summed E-state index contributed by atoms with van der Waals surface area (Å²) < 4.78 is 5.87. The van der Waals surface area contributed by atoms with Crippen LogP contribution in [-0.2, 0) is 4.74 Å². The highest BCUT2D eigenvalue weighted by atomic mass is 16.5. The van der Waals surface area contributed by atoms with Crippen LogP contribution in [-0.4, -0.2) is 22.2 Å². The fraction of sp³-hybridized carbons (Fsp3) is 0.333. The number of carbonyl (C=O) groups excluding carboxylic acids is 1. The summed E-state index contributed by atoms with van der Waals surface area (Å²) in [6.07, 6.45) is 2.74. The van der Waals surface area contributed by atoms with Crippen molar-refractivity contribution in [2.75, 3.05) is 12.4 Å². The zero-order valence-corrected chi connectivity index (χ0v) is 6.15. The van der Waals surface area contributed by atoms with Crippen molar-refractivity contribution >= 4 is 5.97 Å². The first-order valence-corrected chi connectivity index (χ1v) is 3.20. The summed E-state index contributed by atoms with van der Waals surface area (Å²) in [4.78, 5) is 14.6. The first kappa shape index (κ1) is 7.59. The zero-order valence-electron chi connectivity index (χ0n) is 6.15. The van der Waals surface area contributed by atoms with E-state index in [9.17, 15) is 4.79 Å². The van der Waals surface area contributed by atoms with E-state index >= 15 is 0 Å². The number of aromatic nitrogens is 2. The van der Waals surface area contributed by atoms with Gasteiger partial charge < -0.3 is 10.6 Å². The summed E-state index contributed by atoms with van der Waals surface area (Å²) >= 11 is 0. The average Bonchev–Trinajstić information content (AvgIpc) is 2.36. The smallest absolute Gasteiger partial charge is 0.358 e. The third kappa shape index (κ3) is 1.70. The van der Waals surface area contributed by atoms with E-state index in [2.05, 4.69) is 9.72 Å². The molecule has 2 N–H and O–H groups in total. The van der Waals surface area contributed by atoms with Gasteiger partial charge >= 0.3 is 5.97 Å². The largest absolute Gasteiger partial charge is 0.461 e. The minimum atomic E-state index is -0.447. The number of hydrogen-bond donors (Lipinski definition) is 1. The molecular formula is C6H9N3O2. The van der Waals surface area contributed by atoms with Crippen LogP contribution in [0.25, 0.3) is 0 Å². The molecule has 1 aromatic heterocycles. The summed E-state index contributed by atoms with van der Waals surface area (Å²) in [5.41, 5.74) is 0.231. The normalized spacial score (nSPS) is 9.55. The molecule has 1 aromatic rings. The number of rotatable bonds is 2. The molecule has 5 heteroatoms. The molecular weight excluding hydrogens is 146 g/mol. The highest BCUT2D eigenvalue weighted by molar-refractivity contribution is 5.86. The van der Waals surface area contributed by atoms with Crippen LogP contribution in [0.15, 0.2) is 12.5 Å². The molecule has 0 aromatic carbocycles. The number of nitrogens with zero attached hydrogens (tertiary/aromatic N) is 2. The van der Waals surface area contributed by atoms with Gasteiger partial charge in [0.1, 0.15) is 6.33 Å². The lowest BCUT2D eigenvalue weighted by Gasteiger charge is -1.95. The minimum Gasteiger partial charge on any atom is -0.461 e. The molecule has 0 radical (unpaired) electrons. The van der Waals surface area contributed by atoms with Crippen LogP contribution < -0.4 is 5.84 Å². The maximum absolute atomic E-state index is 10.9. The number of imidazole rings is 1. The Morgan fingerprint density at radius 2 is 2.64 bits per heavy atom. The van der Waals surface area contributed by atoms with Gasteiger partial charge in [-0.2, -0.15) is 0 Å². The fourth-order valence-electron chi connectivity index (χ4n) is 0.647. The van der Waals surface area contributed by atoms with Crippen LogP contribution in [0.2, 0.25) is 0 Å². The molecule has 0 unspecified atom stereocenters. The molecule has 0 fully saturated rings. The number of esters is 1. The molecule has 0 aliphatic carbocycles. The van der Waals surface area contributed by atoms with Crippen LogP contribution in [0.1, 0.15) is 17.4 Å². The predicted octanol–water partition coefficient (Wildman–Crippen LogP) is -0.226. The molecule has 5 nitrogen and oxygen atoms in total. The van der Waals surface area contributed by atoms with Crippen LogP contribution in [0.5, 0.6) is 0 Å². The first-order chi connectivity index (χ1) is 5.24. The highest BCUT2D eigenvalue weighted by Crippen LogP contribution is 1.95. The Morgan fingerprint density at radius 3 is 3.09 bits per heavy atom. The van der Waals surface area contributed by atoms with Gasteiger partial charge in [0.15, 0.2) is 5.69 Å². The molecule has 1 rings (SSSR count). The maximum atomic E-state index is 10.9. The van der Waals surface area contributed by atoms with Crippen molar-refractivity contribution in [3.05, 3.63) is 18.2 Å². The van der Waals surface area contributed by atoms with Crippen LogP contribution in [0.4, 0.5) is 0 Å². The Labute approximate surface area is 63.8 Å². The first-order valence-electron chi connectivity index (χ1n) is 3.20. The van der Waals surface area contributed by atoms with Gasteiger partial charge in [0.25, 0.3) is 0 Å². The third-order valence-corrected chi connectivity index (χ3v) is 1.09. The number of carbonyl (C=O) groups is 1. The van der Waals surface area contributed by atoms with E-state index in [1.165, 1.54) is 17.2 Å². The minimum absolute atomic E-state index is 0.231. The van der Waals surface area contributed by atoms with E-state index in [1.54, 1.807) is 6.92 Å². The van der Waals surface area contributed by atoms with E-state index in [0.29, 0.717) is 6.61 Å². The Balaban J connectivity index is 2.69. The standard InChI is InChI=1S/C6H9N3O2/c1-2-11-6(10)5-3-9(7)4-8-5/h3-4H,2,7H2,1H3. The van der Waals surface area contributed by atoms with E-state index in [1.807, 2.05) is 0 Å². The van der Waals surface area contributed by atoms with Crippen molar-refractivity contribution < 1.29 is 9.53 Å². The zero-order chi connectivity index (χ0) is 8.27. The Hall–Kier alpha value is -1.52. The number of nitrogens with two attached hydrogens (primary N) is 1. The van der Waals surface area contributed by atoms with E-state index in [0.717, 1.165) is 0 Å². The summed E-state index contributed by atoms with van der Waals surface area (Å²) in [6.45, 7) is 2.08. The lowest BCUT2D eigenvalue weighted by molar-refractivity contribution is 0.0520. The van der Waals surface area contributed by atoms with Gasteiger partial charge in [-0.05, 0) is 6.92 Å². The fourth-order valence-corrected chi connectivity index (χ4v) is 0.647. The van der Waals surface area contributed by atoms with Gasteiger partial charge in [0.05, 0.1) is 12.8 Å². The monoisotopic (exact) mass is 155 g/mol. The van der Waals surface area contributed by atoms with Gasteiger partial charge in [-0.3, -0.25) is 4.68 Å².